The quantitative estimate of drug-likeness (QED) is 0.149. The summed E-state index contributed by atoms with van der Waals surface area (Å²) in [4.78, 5) is 12.6. The van der Waals surface area contributed by atoms with Gasteiger partial charge < -0.3 is 14.8 Å². The van der Waals surface area contributed by atoms with E-state index >= 15 is 0 Å². The zero-order valence-electron chi connectivity index (χ0n) is 23.7. The molecule has 1 aromatic carbocycles. The number of halogens is 1. The number of unbranched alkanes of at least 4 members (excludes halogenated alkanes) is 15. The van der Waals surface area contributed by atoms with Crippen LogP contribution in [0.25, 0.3) is 0 Å². The molecule has 37 heavy (non-hydrogen) atoms. The first-order valence-electron chi connectivity index (χ1n) is 14.6. The van der Waals surface area contributed by atoms with Gasteiger partial charge in [0.15, 0.2) is 11.5 Å². The fourth-order valence-electron chi connectivity index (χ4n) is 4.84. The fourth-order valence-corrected chi connectivity index (χ4v) is 6.07. The van der Waals surface area contributed by atoms with E-state index in [9.17, 15) is 4.79 Å². The lowest BCUT2D eigenvalue weighted by Gasteiger charge is -2.15. The van der Waals surface area contributed by atoms with Gasteiger partial charge in [-0.1, -0.05) is 109 Å². The third-order valence-corrected chi connectivity index (χ3v) is 8.41. The molecule has 1 heterocycles. The van der Waals surface area contributed by atoms with Crippen molar-refractivity contribution in [3.05, 3.63) is 23.8 Å². The van der Waals surface area contributed by atoms with Crippen LogP contribution in [0.5, 0.6) is 11.5 Å². The molecule has 0 radical (unpaired) electrons. The van der Waals surface area contributed by atoms with Gasteiger partial charge in [0.1, 0.15) is 0 Å². The smallest absolute Gasteiger partial charge is 0.238 e. The van der Waals surface area contributed by atoms with Gasteiger partial charge in [0, 0.05) is 12.3 Å². The minimum atomic E-state index is -0.144. The lowest BCUT2D eigenvalue weighted by atomic mass is 10.0. The highest BCUT2D eigenvalue weighted by Crippen LogP contribution is 2.37. The Hall–Kier alpha value is -1.11. The van der Waals surface area contributed by atoms with Crippen LogP contribution in [0, 0.1) is 0 Å². The number of hydrogen-bond donors (Lipinski definition) is 2. The maximum Gasteiger partial charge on any atom is 0.238 e. The maximum atomic E-state index is 12.6. The number of rotatable bonds is 21. The van der Waals surface area contributed by atoms with E-state index in [-0.39, 0.29) is 29.7 Å². The molecule has 0 spiro atoms. The molecule has 1 saturated heterocycles. The van der Waals surface area contributed by atoms with Crippen molar-refractivity contribution in [1.82, 2.24) is 10.6 Å². The van der Waals surface area contributed by atoms with Crippen LogP contribution < -0.4 is 20.1 Å². The lowest BCUT2D eigenvalue weighted by Crippen LogP contribution is -2.42. The molecule has 0 saturated carbocycles. The Morgan fingerprint density at radius 1 is 0.838 bits per heavy atom. The highest BCUT2D eigenvalue weighted by molar-refractivity contribution is 7.99. The van der Waals surface area contributed by atoms with Crippen LogP contribution in [-0.2, 0) is 4.79 Å². The first-order chi connectivity index (χ1) is 17.7. The molecule has 2 rings (SSSR count). The van der Waals surface area contributed by atoms with Gasteiger partial charge in [-0.3, -0.25) is 10.1 Å². The molecule has 2 atom stereocenters. The average Bonchev–Trinajstić information content (AvgIpc) is 3.40. The third-order valence-electron chi connectivity index (χ3n) is 7.14. The first kappa shape index (κ1) is 33.9. The Kier molecular flexibility index (Phi) is 20.0. The number of nitrogens with one attached hydrogen (secondary N) is 2. The molecule has 1 aliphatic rings. The summed E-state index contributed by atoms with van der Waals surface area (Å²) in [6.07, 6.45) is 21.8. The number of benzene rings is 1. The predicted octanol–water partition coefficient (Wildman–Crippen LogP) is 8.21. The minimum absolute atomic E-state index is 0. The summed E-state index contributed by atoms with van der Waals surface area (Å²) in [6.45, 7) is 3.06. The fraction of sp³-hybridized carbons (Fsp3) is 0.767. The topological polar surface area (TPSA) is 59.6 Å². The zero-order valence-corrected chi connectivity index (χ0v) is 25.3. The highest BCUT2D eigenvalue weighted by Gasteiger charge is 2.30. The van der Waals surface area contributed by atoms with E-state index in [2.05, 4.69) is 17.6 Å². The summed E-state index contributed by atoms with van der Waals surface area (Å²) >= 11 is 1.76. The van der Waals surface area contributed by atoms with Crippen molar-refractivity contribution < 1.29 is 14.3 Å². The third kappa shape index (κ3) is 14.0. The first-order valence-corrected chi connectivity index (χ1v) is 15.6. The standard InChI is InChI=1S/C30H52N2O3S.ClH/c1-4-5-6-7-8-9-10-11-12-13-14-15-16-17-18-19-22-31-29(33)26-24-36-30(32-26)25-20-21-27(34-2)28(23-25)35-3;/h20-21,23,26,30,32H,4-19,22,24H2,1-3H3,(H,31,33);1H/t26-,30?;/m0./s1. The molecular formula is C30H53ClN2O3S. The molecule has 5 nitrogen and oxygen atoms in total. The van der Waals surface area contributed by atoms with Crippen LogP contribution in [0.1, 0.15) is 121 Å². The molecule has 1 aromatic rings. The van der Waals surface area contributed by atoms with Crippen LogP contribution in [0.15, 0.2) is 18.2 Å². The van der Waals surface area contributed by atoms with Crippen LogP contribution in [0.3, 0.4) is 0 Å². The molecular weight excluding hydrogens is 504 g/mol. The SMILES string of the molecule is CCCCCCCCCCCCCCCCCCNC(=O)[C@@H]1CSC(c2ccc(OC)c(OC)c2)N1.Cl. The largest absolute Gasteiger partial charge is 0.493 e. The summed E-state index contributed by atoms with van der Waals surface area (Å²) < 4.78 is 10.7. The molecule has 2 N–H and O–H groups in total. The normalized spacial score (nSPS) is 16.8. The van der Waals surface area contributed by atoms with E-state index in [0.29, 0.717) is 5.75 Å². The monoisotopic (exact) mass is 556 g/mol. The summed E-state index contributed by atoms with van der Waals surface area (Å²) in [6, 6.07) is 5.79. The molecule has 0 aromatic heterocycles. The number of ether oxygens (including phenoxy) is 2. The summed E-state index contributed by atoms with van der Waals surface area (Å²) in [5.41, 5.74) is 1.10. The average molecular weight is 557 g/mol. The van der Waals surface area contributed by atoms with Crippen LogP contribution in [0.4, 0.5) is 0 Å². The van der Waals surface area contributed by atoms with Crippen molar-refractivity contribution in [2.75, 3.05) is 26.5 Å². The van der Waals surface area contributed by atoms with Gasteiger partial charge in [-0.15, -0.1) is 24.2 Å². The van der Waals surface area contributed by atoms with Crippen LogP contribution in [0.2, 0.25) is 0 Å². The Bertz CT molecular complexity index is 722. The van der Waals surface area contributed by atoms with Crippen molar-refractivity contribution in [1.29, 1.82) is 0 Å². The van der Waals surface area contributed by atoms with E-state index in [1.165, 1.54) is 96.3 Å². The van der Waals surface area contributed by atoms with Crippen molar-refractivity contribution in [2.24, 2.45) is 0 Å². The Labute approximate surface area is 237 Å². The molecule has 0 bridgehead atoms. The van der Waals surface area contributed by atoms with Gasteiger partial charge >= 0.3 is 0 Å². The van der Waals surface area contributed by atoms with E-state index in [4.69, 9.17) is 9.47 Å². The predicted molar refractivity (Wildman–Crippen MR) is 161 cm³/mol. The molecule has 1 unspecified atom stereocenters. The Morgan fingerprint density at radius 2 is 1.35 bits per heavy atom. The summed E-state index contributed by atoms with van der Waals surface area (Å²) in [5.74, 6) is 2.33. The van der Waals surface area contributed by atoms with Crippen molar-refractivity contribution >= 4 is 30.1 Å². The number of carbonyl (C=O) groups is 1. The van der Waals surface area contributed by atoms with Gasteiger partial charge in [-0.05, 0) is 24.1 Å². The zero-order chi connectivity index (χ0) is 25.8. The Morgan fingerprint density at radius 3 is 1.86 bits per heavy atom. The second-order valence-corrected chi connectivity index (χ2v) is 11.3. The van der Waals surface area contributed by atoms with Crippen molar-refractivity contribution in [3.63, 3.8) is 0 Å². The van der Waals surface area contributed by atoms with Gasteiger partial charge in [0.25, 0.3) is 0 Å². The van der Waals surface area contributed by atoms with Crippen LogP contribution in [-0.4, -0.2) is 38.5 Å². The molecule has 214 valence electrons. The second-order valence-electron chi connectivity index (χ2n) is 10.1. The van der Waals surface area contributed by atoms with E-state index in [1.807, 2.05) is 18.2 Å². The molecule has 1 amide bonds. The number of amides is 1. The van der Waals surface area contributed by atoms with E-state index in [0.717, 1.165) is 30.0 Å². The molecule has 1 aliphatic heterocycles. The van der Waals surface area contributed by atoms with Crippen LogP contribution >= 0.6 is 24.2 Å². The summed E-state index contributed by atoms with van der Waals surface area (Å²) in [7, 11) is 3.28. The minimum Gasteiger partial charge on any atom is -0.493 e. The number of carbonyl (C=O) groups excluding carboxylic acids is 1. The number of thioether (sulfide) groups is 1. The lowest BCUT2D eigenvalue weighted by molar-refractivity contribution is -0.122. The van der Waals surface area contributed by atoms with E-state index in [1.54, 1.807) is 26.0 Å². The Balaban J connectivity index is 0.00000684. The molecule has 0 aliphatic carbocycles. The number of methoxy groups -OCH3 is 2. The summed E-state index contributed by atoms with van der Waals surface area (Å²) in [5, 5.41) is 6.68. The van der Waals surface area contributed by atoms with Gasteiger partial charge in [0.2, 0.25) is 5.91 Å². The van der Waals surface area contributed by atoms with Crippen molar-refractivity contribution in [3.8, 4) is 11.5 Å². The highest BCUT2D eigenvalue weighted by atomic mass is 35.5. The van der Waals surface area contributed by atoms with Crippen molar-refractivity contribution in [2.45, 2.75) is 121 Å². The van der Waals surface area contributed by atoms with Gasteiger partial charge in [-0.25, -0.2) is 0 Å². The number of hydrogen-bond acceptors (Lipinski definition) is 5. The molecule has 1 fully saturated rings. The maximum absolute atomic E-state index is 12.6. The van der Waals surface area contributed by atoms with E-state index < -0.39 is 0 Å². The van der Waals surface area contributed by atoms with Gasteiger partial charge in [-0.2, -0.15) is 0 Å². The van der Waals surface area contributed by atoms with Gasteiger partial charge in [0.05, 0.1) is 25.6 Å². The molecule has 7 heteroatoms. The second kappa shape index (κ2) is 21.8.